The number of primary amides is 1. The topological polar surface area (TPSA) is 110 Å². The number of nitrogens with zero attached hydrogens (tertiary/aromatic N) is 1. The Balaban J connectivity index is 2.04. The Labute approximate surface area is 139 Å². The molecule has 0 fully saturated rings. The Hall–Kier alpha value is -2.87. The molecule has 0 saturated carbocycles. The monoisotopic (exact) mass is 345 g/mol. The maximum atomic E-state index is 12.9. The van der Waals surface area contributed by atoms with E-state index in [1.807, 2.05) is 0 Å². The molecule has 0 bridgehead atoms. The van der Waals surface area contributed by atoms with Gasteiger partial charge in [-0.25, -0.2) is 8.42 Å². The van der Waals surface area contributed by atoms with Crippen molar-refractivity contribution in [2.24, 2.45) is 5.73 Å². The average Bonchev–Trinajstić information content (AvgIpc) is 2.93. The zero-order valence-corrected chi connectivity index (χ0v) is 13.6. The number of fused-ring (bicyclic) bond motifs is 1. The summed E-state index contributed by atoms with van der Waals surface area (Å²) in [5.74, 6) is -0.886. The predicted octanol–water partition coefficient (Wildman–Crippen LogP) is 1.11. The number of nitrogens with one attached hydrogen (secondary N) is 1. The highest BCUT2D eigenvalue weighted by molar-refractivity contribution is 7.92. The molecule has 0 spiro atoms. The van der Waals surface area contributed by atoms with Gasteiger partial charge in [-0.2, -0.15) is 0 Å². The van der Waals surface area contributed by atoms with Crippen LogP contribution in [0.2, 0.25) is 0 Å². The van der Waals surface area contributed by atoms with Crippen LogP contribution in [-0.4, -0.2) is 27.3 Å². The second-order valence-electron chi connectivity index (χ2n) is 5.40. The van der Waals surface area contributed by atoms with Crippen LogP contribution in [0.15, 0.2) is 47.4 Å². The van der Waals surface area contributed by atoms with Gasteiger partial charge in [0.25, 0.3) is 15.9 Å². The molecule has 7 nitrogen and oxygen atoms in total. The number of benzene rings is 2. The van der Waals surface area contributed by atoms with Crippen LogP contribution in [0.3, 0.4) is 0 Å². The van der Waals surface area contributed by atoms with E-state index in [2.05, 4.69) is 5.32 Å². The van der Waals surface area contributed by atoms with Crippen molar-refractivity contribution < 1.29 is 18.0 Å². The number of carbonyl (C=O) groups excluding carboxylic acids is 2. The largest absolute Gasteiger partial charge is 0.366 e. The third kappa shape index (κ3) is 2.61. The van der Waals surface area contributed by atoms with Crippen LogP contribution >= 0.6 is 0 Å². The van der Waals surface area contributed by atoms with E-state index in [1.54, 1.807) is 18.2 Å². The van der Waals surface area contributed by atoms with E-state index in [1.165, 1.54) is 31.3 Å². The van der Waals surface area contributed by atoms with Crippen LogP contribution < -0.4 is 15.4 Å². The molecule has 2 aromatic rings. The second-order valence-corrected chi connectivity index (χ2v) is 7.37. The van der Waals surface area contributed by atoms with Crippen LogP contribution in [0.4, 0.5) is 11.4 Å². The van der Waals surface area contributed by atoms with Crippen LogP contribution in [0.1, 0.15) is 15.9 Å². The number of anilines is 2. The number of sulfonamides is 1. The average molecular weight is 345 g/mol. The number of nitrogens with two attached hydrogens (primary N) is 1. The van der Waals surface area contributed by atoms with Gasteiger partial charge in [-0.1, -0.05) is 12.1 Å². The fourth-order valence-corrected chi connectivity index (χ4v) is 3.88. The third-order valence-corrected chi connectivity index (χ3v) is 5.64. The van der Waals surface area contributed by atoms with Gasteiger partial charge in [-0.3, -0.25) is 13.9 Å². The first kappa shape index (κ1) is 16.0. The van der Waals surface area contributed by atoms with Gasteiger partial charge in [0.15, 0.2) is 0 Å². The second kappa shape index (κ2) is 5.64. The quantitative estimate of drug-likeness (QED) is 0.865. The number of carbonyl (C=O) groups is 2. The van der Waals surface area contributed by atoms with Gasteiger partial charge in [0.05, 0.1) is 22.6 Å². The van der Waals surface area contributed by atoms with E-state index >= 15 is 0 Å². The van der Waals surface area contributed by atoms with Gasteiger partial charge < -0.3 is 11.1 Å². The highest BCUT2D eigenvalue weighted by Gasteiger charge is 2.27. The molecular weight excluding hydrogens is 330 g/mol. The van der Waals surface area contributed by atoms with Crippen molar-refractivity contribution in [1.82, 2.24) is 0 Å². The number of hydrogen-bond acceptors (Lipinski definition) is 4. The molecule has 3 rings (SSSR count). The molecular formula is C16H15N3O4S. The minimum absolute atomic E-state index is 0.0412. The molecule has 0 radical (unpaired) electrons. The van der Waals surface area contributed by atoms with Crippen molar-refractivity contribution in [3.05, 3.63) is 53.6 Å². The Kier molecular flexibility index (Phi) is 3.76. The first-order valence-electron chi connectivity index (χ1n) is 7.11. The molecule has 2 aromatic carbocycles. The lowest BCUT2D eigenvalue weighted by atomic mass is 10.2. The highest BCUT2D eigenvalue weighted by atomic mass is 32.2. The van der Waals surface area contributed by atoms with Crippen LogP contribution in [0, 0.1) is 0 Å². The molecule has 1 aliphatic heterocycles. The number of rotatable bonds is 4. The van der Waals surface area contributed by atoms with E-state index in [0.717, 1.165) is 4.31 Å². The number of para-hydroxylation sites is 1. The van der Waals surface area contributed by atoms with Crippen molar-refractivity contribution in [1.29, 1.82) is 0 Å². The van der Waals surface area contributed by atoms with Crippen molar-refractivity contribution in [2.45, 2.75) is 11.3 Å². The molecule has 0 aliphatic carbocycles. The molecule has 1 aliphatic rings. The summed E-state index contributed by atoms with van der Waals surface area (Å²) in [7, 11) is -2.55. The normalized spacial score (nSPS) is 13.3. The van der Waals surface area contributed by atoms with E-state index in [4.69, 9.17) is 5.73 Å². The summed E-state index contributed by atoms with van der Waals surface area (Å²) < 4.78 is 26.7. The maximum absolute atomic E-state index is 12.9. The van der Waals surface area contributed by atoms with Gasteiger partial charge in [0.1, 0.15) is 0 Å². The lowest BCUT2D eigenvalue weighted by molar-refractivity contribution is -0.115. The van der Waals surface area contributed by atoms with E-state index in [0.29, 0.717) is 11.3 Å². The Morgan fingerprint density at radius 1 is 1.21 bits per heavy atom. The fraction of sp³-hybridized carbons (Fsp3) is 0.125. The summed E-state index contributed by atoms with van der Waals surface area (Å²) in [6, 6.07) is 10.6. The van der Waals surface area contributed by atoms with Gasteiger partial charge in [0, 0.05) is 12.7 Å². The smallest absolute Gasteiger partial charge is 0.264 e. The van der Waals surface area contributed by atoms with Crippen LogP contribution in [0.25, 0.3) is 0 Å². The maximum Gasteiger partial charge on any atom is 0.264 e. The molecule has 0 atom stereocenters. The van der Waals surface area contributed by atoms with Crippen LogP contribution in [0.5, 0.6) is 0 Å². The molecule has 0 aromatic heterocycles. The lowest BCUT2D eigenvalue weighted by Gasteiger charge is -2.21. The van der Waals surface area contributed by atoms with Gasteiger partial charge in [-0.15, -0.1) is 0 Å². The van der Waals surface area contributed by atoms with E-state index < -0.39 is 15.9 Å². The SMILES string of the molecule is CN(c1ccccc1C(N)=O)S(=O)(=O)c1ccc2c(c1)CC(=O)N2. The van der Waals surface area contributed by atoms with Gasteiger partial charge in [0.2, 0.25) is 5.91 Å². The summed E-state index contributed by atoms with van der Waals surface area (Å²) in [4.78, 5) is 23.0. The Morgan fingerprint density at radius 3 is 2.62 bits per heavy atom. The summed E-state index contributed by atoms with van der Waals surface area (Å²) in [6.07, 6.45) is 0.139. The zero-order valence-electron chi connectivity index (χ0n) is 12.8. The first-order valence-corrected chi connectivity index (χ1v) is 8.55. The fourth-order valence-electron chi connectivity index (χ4n) is 2.61. The summed E-state index contributed by atoms with van der Waals surface area (Å²) in [5, 5.41) is 2.65. The molecule has 3 N–H and O–H groups in total. The molecule has 8 heteroatoms. The Bertz CT molecular complexity index is 954. The minimum Gasteiger partial charge on any atom is -0.366 e. The first-order chi connectivity index (χ1) is 11.3. The van der Waals surface area contributed by atoms with Crippen molar-refractivity contribution in [3.8, 4) is 0 Å². The number of amides is 2. The molecule has 0 unspecified atom stereocenters. The minimum atomic E-state index is -3.90. The van der Waals surface area contributed by atoms with Gasteiger partial charge in [-0.05, 0) is 35.9 Å². The summed E-state index contributed by atoms with van der Waals surface area (Å²) in [6.45, 7) is 0. The third-order valence-electron chi connectivity index (χ3n) is 3.87. The van der Waals surface area contributed by atoms with Crippen molar-refractivity contribution in [3.63, 3.8) is 0 Å². The summed E-state index contributed by atoms with van der Waals surface area (Å²) >= 11 is 0. The lowest BCUT2D eigenvalue weighted by Crippen LogP contribution is -2.29. The zero-order chi connectivity index (χ0) is 17.5. The highest BCUT2D eigenvalue weighted by Crippen LogP contribution is 2.29. The molecule has 0 saturated heterocycles. The summed E-state index contributed by atoms with van der Waals surface area (Å²) in [5.41, 5.74) is 6.86. The van der Waals surface area contributed by atoms with Crippen molar-refractivity contribution in [2.75, 3.05) is 16.7 Å². The molecule has 24 heavy (non-hydrogen) atoms. The van der Waals surface area contributed by atoms with E-state index in [9.17, 15) is 18.0 Å². The van der Waals surface area contributed by atoms with Gasteiger partial charge >= 0.3 is 0 Å². The molecule has 1 heterocycles. The Morgan fingerprint density at radius 2 is 1.92 bits per heavy atom. The standard InChI is InChI=1S/C16H15N3O4S/c1-19(14-5-3-2-4-12(14)16(17)21)24(22,23)11-6-7-13-10(8-11)9-15(20)18-13/h2-8H,9H2,1H3,(H2,17,21)(H,18,20). The van der Waals surface area contributed by atoms with E-state index in [-0.39, 0.29) is 28.5 Å². The number of hydrogen-bond donors (Lipinski definition) is 2. The molecule has 2 amide bonds. The predicted molar refractivity (Wildman–Crippen MR) is 89.3 cm³/mol. The molecule has 124 valence electrons. The van der Waals surface area contributed by atoms with Crippen LogP contribution in [-0.2, 0) is 21.2 Å². The van der Waals surface area contributed by atoms with Crippen molar-refractivity contribution >= 4 is 33.2 Å².